The van der Waals surface area contributed by atoms with Crippen LogP contribution in [0, 0.1) is 0 Å². The molecule has 3 aromatic carbocycles. The minimum absolute atomic E-state index is 0.0604. The van der Waals surface area contributed by atoms with E-state index in [0.717, 1.165) is 70.7 Å². The molecular formula is C35H39BrF3N5O3S. The molecule has 0 unspecified atom stereocenters. The number of rotatable bonds is 9. The Morgan fingerprint density at radius 1 is 0.750 bits per heavy atom. The molecule has 3 heterocycles. The maximum absolute atomic E-state index is 13.5. The lowest BCUT2D eigenvalue weighted by molar-refractivity contribution is -0.137. The van der Waals surface area contributed by atoms with Crippen LogP contribution in [0.5, 0.6) is 0 Å². The van der Waals surface area contributed by atoms with Gasteiger partial charge in [0.15, 0.2) is 0 Å². The number of anilines is 2. The van der Waals surface area contributed by atoms with Crippen LogP contribution in [0.25, 0.3) is 0 Å². The van der Waals surface area contributed by atoms with E-state index in [0.29, 0.717) is 58.0 Å². The average Bonchev–Trinajstić information content (AvgIpc) is 3.09. The summed E-state index contributed by atoms with van der Waals surface area (Å²) >= 11 is 4.92. The lowest BCUT2D eigenvalue weighted by Crippen LogP contribution is -2.51. The van der Waals surface area contributed by atoms with Crippen molar-refractivity contribution in [2.24, 2.45) is 0 Å². The number of hydrogen-bond acceptors (Lipinski definition) is 7. The number of ether oxygens (including phenoxy) is 1. The van der Waals surface area contributed by atoms with Crippen molar-refractivity contribution in [2.45, 2.75) is 28.8 Å². The maximum atomic E-state index is 13.5. The summed E-state index contributed by atoms with van der Waals surface area (Å²) in [5, 5.41) is 0. The molecule has 0 saturated carbocycles. The van der Waals surface area contributed by atoms with Gasteiger partial charge in [0.2, 0.25) is 5.91 Å². The van der Waals surface area contributed by atoms with Gasteiger partial charge in [0, 0.05) is 79.7 Å². The van der Waals surface area contributed by atoms with Crippen molar-refractivity contribution >= 4 is 51.1 Å². The van der Waals surface area contributed by atoms with Crippen molar-refractivity contribution in [3.05, 3.63) is 82.3 Å². The van der Waals surface area contributed by atoms with Crippen LogP contribution in [0.2, 0.25) is 0 Å². The first kappa shape index (κ1) is 34.6. The van der Waals surface area contributed by atoms with Gasteiger partial charge in [-0.15, -0.1) is 0 Å². The van der Waals surface area contributed by atoms with Crippen molar-refractivity contribution in [3.8, 4) is 0 Å². The van der Waals surface area contributed by atoms with Gasteiger partial charge in [0.1, 0.15) is 6.61 Å². The predicted octanol–water partition coefficient (Wildman–Crippen LogP) is 6.60. The van der Waals surface area contributed by atoms with Gasteiger partial charge in [-0.25, -0.2) is 4.79 Å². The average molecular weight is 747 g/mol. The monoisotopic (exact) mass is 745 g/mol. The molecule has 3 aliphatic heterocycles. The number of carbonyl (C=O) groups excluding carboxylic acids is 2. The number of carbonyl (C=O) groups is 2. The zero-order valence-electron chi connectivity index (χ0n) is 26.6. The second kappa shape index (κ2) is 15.5. The van der Waals surface area contributed by atoms with Crippen molar-refractivity contribution < 1.29 is 27.5 Å². The number of halogens is 4. The first-order valence-corrected chi connectivity index (χ1v) is 17.9. The number of fused-ring (bicyclic) bond motifs is 2. The molecule has 8 nitrogen and oxygen atoms in total. The van der Waals surface area contributed by atoms with E-state index in [2.05, 4.69) is 25.7 Å². The fraction of sp³-hybridized carbons (Fsp3) is 0.429. The normalized spacial score (nSPS) is 17.2. The summed E-state index contributed by atoms with van der Waals surface area (Å²) in [6.07, 6.45) is -3.57. The highest BCUT2D eigenvalue weighted by molar-refractivity contribution is 9.10. The molecule has 3 aromatic rings. The molecule has 0 spiro atoms. The van der Waals surface area contributed by atoms with E-state index >= 15 is 0 Å². The fourth-order valence-corrected chi connectivity index (χ4v) is 7.66. The Bertz CT molecular complexity index is 1580. The molecule has 0 atom stereocenters. The van der Waals surface area contributed by atoms with Gasteiger partial charge in [0.25, 0.3) is 0 Å². The lowest BCUT2D eigenvalue weighted by atomic mass is 10.1. The van der Waals surface area contributed by atoms with Crippen LogP contribution in [0.15, 0.2) is 81.0 Å². The maximum Gasteiger partial charge on any atom is 0.416 e. The van der Waals surface area contributed by atoms with Crippen LogP contribution in [0.1, 0.15) is 17.5 Å². The Labute approximate surface area is 291 Å². The lowest BCUT2D eigenvalue weighted by Gasteiger charge is -2.36. The first-order chi connectivity index (χ1) is 23.1. The second-order valence-electron chi connectivity index (χ2n) is 12.2. The number of para-hydroxylation sites is 1. The first-order valence-electron chi connectivity index (χ1n) is 16.3. The van der Waals surface area contributed by atoms with Gasteiger partial charge >= 0.3 is 12.3 Å². The minimum atomic E-state index is -4.39. The number of hydrogen-bond donors (Lipinski definition) is 0. The van der Waals surface area contributed by atoms with Crippen molar-refractivity contribution in [1.29, 1.82) is 0 Å². The quantitative estimate of drug-likeness (QED) is 0.245. The van der Waals surface area contributed by atoms with E-state index < -0.39 is 11.7 Å². The molecule has 2 amide bonds. The highest BCUT2D eigenvalue weighted by Gasteiger charge is 2.33. The molecule has 0 N–H and O–H groups in total. The molecular weight excluding hydrogens is 707 g/mol. The van der Waals surface area contributed by atoms with Gasteiger partial charge in [-0.1, -0.05) is 52.0 Å². The third kappa shape index (κ3) is 8.66. The topological polar surface area (TPSA) is 59.6 Å². The molecule has 0 radical (unpaired) electrons. The Morgan fingerprint density at radius 3 is 2.10 bits per heavy atom. The molecule has 0 bridgehead atoms. The van der Waals surface area contributed by atoms with Gasteiger partial charge in [0.05, 0.1) is 23.4 Å². The van der Waals surface area contributed by atoms with Crippen LogP contribution < -0.4 is 4.90 Å². The summed E-state index contributed by atoms with van der Waals surface area (Å²) in [6, 6.07) is 19.6. The molecule has 6 rings (SSSR count). The summed E-state index contributed by atoms with van der Waals surface area (Å²) < 4.78 is 47.2. The summed E-state index contributed by atoms with van der Waals surface area (Å²) in [5.41, 5.74) is 1.89. The van der Waals surface area contributed by atoms with Crippen LogP contribution in [0.4, 0.5) is 29.3 Å². The van der Waals surface area contributed by atoms with E-state index in [9.17, 15) is 22.8 Å². The van der Waals surface area contributed by atoms with Crippen LogP contribution in [0.3, 0.4) is 0 Å². The summed E-state index contributed by atoms with van der Waals surface area (Å²) in [7, 11) is 0. The van der Waals surface area contributed by atoms with Crippen LogP contribution >= 0.6 is 27.7 Å². The molecule has 256 valence electrons. The van der Waals surface area contributed by atoms with Crippen molar-refractivity contribution in [1.82, 2.24) is 19.6 Å². The van der Waals surface area contributed by atoms with Gasteiger partial charge in [-0.05, 0) is 61.0 Å². The van der Waals surface area contributed by atoms with Crippen molar-refractivity contribution in [2.75, 3.05) is 83.5 Å². The van der Waals surface area contributed by atoms with Crippen LogP contribution in [-0.4, -0.2) is 110 Å². The molecule has 13 heteroatoms. The highest BCUT2D eigenvalue weighted by atomic mass is 79.9. The summed E-state index contributed by atoms with van der Waals surface area (Å²) in [5.74, 6) is 0.0604. The Kier molecular flexibility index (Phi) is 11.2. The zero-order valence-corrected chi connectivity index (χ0v) is 29.0. The highest BCUT2D eigenvalue weighted by Crippen LogP contribution is 2.49. The standard InChI is InChI=1S/C35H39BrF3N5O3S/c36-28-9-6-26(7-10-28)24-33(45)42-18-20-43(21-19-42)34(46)47-23-22-41-16-14-40(15-17-41)12-3-13-44-29-4-1-2-5-31(29)48-32-11-8-27(25-30(32)44)35(37,38)39/h1-2,4-11,25H,3,12-24H2. The fourth-order valence-electron chi connectivity index (χ4n) is 6.32. The SMILES string of the molecule is O=C(Cc1ccc(Br)cc1)N1CCN(C(=O)OCCN2CCN(CCCN3c4ccccc4Sc4ccc(C(F)(F)F)cc43)CC2)CC1. The van der Waals surface area contributed by atoms with E-state index in [1.54, 1.807) is 15.9 Å². The number of benzene rings is 3. The Balaban J connectivity index is 0.894. The smallest absolute Gasteiger partial charge is 0.416 e. The third-order valence-corrected chi connectivity index (χ3v) is 10.7. The van der Waals surface area contributed by atoms with Gasteiger partial charge < -0.3 is 24.3 Å². The summed E-state index contributed by atoms with van der Waals surface area (Å²) in [4.78, 5) is 37.4. The van der Waals surface area contributed by atoms with Crippen LogP contribution in [-0.2, 0) is 22.1 Å². The number of piperazine rings is 2. The van der Waals surface area contributed by atoms with E-state index in [1.807, 2.05) is 53.4 Å². The number of nitrogens with zero attached hydrogens (tertiary/aromatic N) is 5. The van der Waals surface area contributed by atoms with Gasteiger partial charge in [-0.2, -0.15) is 13.2 Å². The van der Waals surface area contributed by atoms with E-state index in [4.69, 9.17) is 4.74 Å². The molecule has 2 fully saturated rings. The summed E-state index contributed by atoms with van der Waals surface area (Å²) in [6.45, 7) is 7.83. The second-order valence-corrected chi connectivity index (χ2v) is 14.2. The predicted molar refractivity (Wildman–Crippen MR) is 184 cm³/mol. The van der Waals surface area contributed by atoms with E-state index in [-0.39, 0.29) is 12.0 Å². The van der Waals surface area contributed by atoms with E-state index in [1.165, 1.54) is 17.8 Å². The molecule has 0 aromatic heterocycles. The number of alkyl halides is 3. The molecule has 48 heavy (non-hydrogen) atoms. The Hall–Kier alpha value is -3.26. The minimum Gasteiger partial charge on any atom is -0.448 e. The molecule has 2 saturated heterocycles. The largest absolute Gasteiger partial charge is 0.448 e. The third-order valence-electron chi connectivity index (χ3n) is 9.07. The number of amides is 2. The molecule has 3 aliphatic rings. The molecule has 0 aliphatic carbocycles. The van der Waals surface area contributed by atoms with Crippen molar-refractivity contribution in [3.63, 3.8) is 0 Å². The van der Waals surface area contributed by atoms with Gasteiger partial charge in [-0.3, -0.25) is 9.69 Å². The Morgan fingerprint density at radius 2 is 1.40 bits per heavy atom. The zero-order chi connectivity index (χ0) is 33.7.